The van der Waals surface area contributed by atoms with Crippen LogP contribution in [-0.2, 0) is 6.54 Å². The minimum atomic E-state index is -1.05. The number of carbonyl (C=O) groups excluding carboxylic acids is 1. The van der Waals surface area contributed by atoms with Gasteiger partial charge in [-0.25, -0.2) is 9.59 Å². The third kappa shape index (κ3) is 4.54. The number of carbonyl (C=O) groups is 2. The van der Waals surface area contributed by atoms with Crippen molar-refractivity contribution in [3.8, 4) is 10.4 Å². The minimum Gasteiger partial charge on any atom is -0.477 e. The third-order valence-corrected chi connectivity index (χ3v) is 5.28. The van der Waals surface area contributed by atoms with E-state index in [2.05, 4.69) is 5.32 Å². The van der Waals surface area contributed by atoms with Gasteiger partial charge in [-0.1, -0.05) is 60.7 Å². The van der Waals surface area contributed by atoms with Crippen LogP contribution in [0.25, 0.3) is 10.4 Å². The number of hydrogen-bond acceptors (Lipinski definition) is 3. The minimum absolute atomic E-state index is 0.123. The Hall–Kier alpha value is -3.12. The second-order valence-electron chi connectivity index (χ2n) is 5.95. The summed E-state index contributed by atoms with van der Waals surface area (Å²) in [5, 5.41) is 12.3. The number of nitrogens with zero attached hydrogens (tertiary/aromatic N) is 1. The van der Waals surface area contributed by atoms with Crippen LogP contribution in [0.3, 0.4) is 0 Å². The molecule has 0 aliphatic heterocycles. The Balaban J connectivity index is 1.82. The second-order valence-corrected chi connectivity index (χ2v) is 7.01. The molecule has 2 N–H and O–H groups in total. The lowest BCUT2D eigenvalue weighted by molar-refractivity contribution is 0.0703. The first-order chi connectivity index (χ1) is 13.1. The summed E-state index contributed by atoms with van der Waals surface area (Å²) in [6.45, 7) is 2.86. The van der Waals surface area contributed by atoms with Crippen LogP contribution in [0.15, 0.2) is 66.7 Å². The van der Waals surface area contributed by atoms with Crippen molar-refractivity contribution < 1.29 is 14.7 Å². The molecule has 0 aliphatic carbocycles. The lowest BCUT2D eigenvalue weighted by Crippen LogP contribution is -2.34. The molecule has 5 nitrogen and oxygen atoms in total. The zero-order valence-electron chi connectivity index (χ0n) is 14.9. The quantitative estimate of drug-likeness (QED) is 0.620. The molecule has 0 bridgehead atoms. The number of carboxylic acid groups (broad SMARTS) is 1. The van der Waals surface area contributed by atoms with Gasteiger partial charge in [0.1, 0.15) is 4.88 Å². The number of rotatable bonds is 6. The fourth-order valence-corrected chi connectivity index (χ4v) is 3.67. The Morgan fingerprint density at radius 1 is 1.04 bits per heavy atom. The van der Waals surface area contributed by atoms with Gasteiger partial charge in [0, 0.05) is 18.0 Å². The summed E-state index contributed by atoms with van der Waals surface area (Å²) in [6, 6.07) is 20.6. The molecular weight excluding hydrogens is 360 g/mol. The van der Waals surface area contributed by atoms with Gasteiger partial charge in [-0.05, 0) is 24.1 Å². The van der Waals surface area contributed by atoms with Gasteiger partial charge in [-0.3, -0.25) is 0 Å². The molecule has 1 aromatic heterocycles. The van der Waals surface area contributed by atoms with Crippen molar-refractivity contribution in [3.05, 3.63) is 77.2 Å². The lowest BCUT2D eigenvalue weighted by Gasteiger charge is -2.21. The van der Waals surface area contributed by atoms with Gasteiger partial charge in [-0.2, -0.15) is 0 Å². The zero-order valence-corrected chi connectivity index (χ0v) is 15.7. The van der Waals surface area contributed by atoms with Crippen molar-refractivity contribution in [1.82, 2.24) is 4.90 Å². The van der Waals surface area contributed by atoms with Crippen LogP contribution in [0.4, 0.5) is 10.5 Å². The van der Waals surface area contributed by atoms with Gasteiger partial charge in [0.25, 0.3) is 0 Å². The van der Waals surface area contributed by atoms with Gasteiger partial charge >= 0.3 is 12.0 Å². The third-order valence-electron chi connectivity index (χ3n) is 4.11. The molecular formula is C21H20N2O3S. The van der Waals surface area contributed by atoms with Crippen LogP contribution < -0.4 is 5.32 Å². The Labute approximate surface area is 161 Å². The van der Waals surface area contributed by atoms with E-state index in [0.29, 0.717) is 18.8 Å². The van der Waals surface area contributed by atoms with E-state index < -0.39 is 5.97 Å². The molecule has 0 saturated heterocycles. The molecule has 0 radical (unpaired) electrons. The summed E-state index contributed by atoms with van der Waals surface area (Å²) in [5.41, 5.74) is 2.26. The summed E-state index contributed by atoms with van der Waals surface area (Å²) < 4.78 is 0. The van der Waals surface area contributed by atoms with Gasteiger partial charge < -0.3 is 15.3 Å². The Kier molecular flexibility index (Phi) is 5.88. The molecule has 27 heavy (non-hydrogen) atoms. The number of hydrogen-bond donors (Lipinski definition) is 2. The first kappa shape index (κ1) is 18.7. The average Bonchev–Trinajstić information content (AvgIpc) is 3.11. The number of nitrogens with one attached hydrogen (secondary N) is 1. The van der Waals surface area contributed by atoms with Crippen LogP contribution in [0.2, 0.25) is 0 Å². The molecule has 3 rings (SSSR count). The molecule has 0 atom stereocenters. The van der Waals surface area contributed by atoms with Crippen molar-refractivity contribution >= 4 is 29.0 Å². The summed E-state index contributed by atoms with van der Waals surface area (Å²) in [6.07, 6.45) is 0. The number of thiophene rings is 1. The molecule has 0 aliphatic rings. The molecule has 0 unspecified atom stereocenters. The first-order valence-electron chi connectivity index (χ1n) is 8.61. The van der Waals surface area contributed by atoms with Crippen molar-refractivity contribution in [2.45, 2.75) is 13.5 Å². The van der Waals surface area contributed by atoms with E-state index in [1.807, 2.05) is 67.6 Å². The number of carboxylic acids is 1. The highest BCUT2D eigenvalue weighted by Crippen LogP contribution is 2.35. The molecule has 138 valence electrons. The lowest BCUT2D eigenvalue weighted by atomic mass is 10.2. The van der Waals surface area contributed by atoms with E-state index in [4.69, 9.17) is 0 Å². The highest BCUT2D eigenvalue weighted by Gasteiger charge is 2.20. The summed E-state index contributed by atoms with van der Waals surface area (Å²) >= 11 is 1.15. The molecule has 0 saturated carbocycles. The van der Waals surface area contributed by atoms with Gasteiger partial charge in [0.15, 0.2) is 0 Å². The largest absolute Gasteiger partial charge is 0.477 e. The normalized spacial score (nSPS) is 10.4. The predicted molar refractivity (Wildman–Crippen MR) is 108 cm³/mol. The fraction of sp³-hybridized carbons (Fsp3) is 0.143. The number of benzene rings is 2. The maximum atomic E-state index is 12.7. The Morgan fingerprint density at radius 2 is 1.67 bits per heavy atom. The van der Waals surface area contributed by atoms with E-state index in [0.717, 1.165) is 27.3 Å². The van der Waals surface area contributed by atoms with E-state index in [-0.39, 0.29) is 10.9 Å². The maximum absolute atomic E-state index is 12.7. The van der Waals surface area contributed by atoms with Crippen molar-refractivity contribution in [1.29, 1.82) is 0 Å². The van der Waals surface area contributed by atoms with Crippen LogP contribution in [-0.4, -0.2) is 28.6 Å². The molecule has 2 aromatic carbocycles. The first-order valence-corrected chi connectivity index (χ1v) is 9.42. The van der Waals surface area contributed by atoms with Crippen molar-refractivity contribution in [2.75, 3.05) is 11.9 Å². The Morgan fingerprint density at radius 3 is 2.26 bits per heavy atom. The van der Waals surface area contributed by atoms with Gasteiger partial charge in [0.2, 0.25) is 0 Å². The monoisotopic (exact) mass is 380 g/mol. The second kappa shape index (κ2) is 8.51. The van der Waals surface area contributed by atoms with E-state index in [1.165, 1.54) is 0 Å². The summed E-state index contributed by atoms with van der Waals surface area (Å²) in [5.74, 6) is -1.05. The van der Waals surface area contributed by atoms with E-state index in [9.17, 15) is 14.7 Å². The molecule has 3 aromatic rings. The van der Waals surface area contributed by atoms with Crippen molar-refractivity contribution in [2.24, 2.45) is 0 Å². The number of urea groups is 1. The zero-order chi connectivity index (χ0) is 19.2. The SMILES string of the molecule is CCN(Cc1ccccc1)C(=O)Nc1cc(-c2ccccc2)sc1C(=O)O. The maximum Gasteiger partial charge on any atom is 0.348 e. The molecule has 1 heterocycles. The Bertz CT molecular complexity index is 923. The van der Waals surface area contributed by atoms with Gasteiger partial charge in [0.05, 0.1) is 5.69 Å². The molecule has 2 amide bonds. The van der Waals surface area contributed by atoms with E-state index >= 15 is 0 Å². The van der Waals surface area contributed by atoms with Crippen LogP contribution >= 0.6 is 11.3 Å². The number of amides is 2. The van der Waals surface area contributed by atoms with E-state index in [1.54, 1.807) is 11.0 Å². The van der Waals surface area contributed by atoms with Crippen LogP contribution in [0, 0.1) is 0 Å². The number of anilines is 1. The summed E-state index contributed by atoms with van der Waals surface area (Å²) in [7, 11) is 0. The molecule has 0 fully saturated rings. The average molecular weight is 380 g/mol. The standard InChI is InChI=1S/C21H20N2O3S/c1-2-23(14-15-9-5-3-6-10-15)21(26)22-17-13-18(27-19(17)20(24)25)16-11-7-4-8-12-16/h3-13H,2,14H2,1H3,(H,22,26)(H,24,25). The predicted octanol–water partition coefficient (Wildman–Crippen LogP) is 5.17. The summed E-state index contributed by atoms with van der Waals surface area (Å²) in [4.78, 5) is 26.9. The smallest absolute Gasteiger partial charge is 0.348 e. The number of aromatic carboxylic acids is 1. The molecule has 6 heteroatoms. The topological polar surface area (TPSA) is 69.6 Å². The molecule has 0 spiro atoms. The van der Waals surface area contributed by atoms with Crippen LogP contribution in [0.1, 0.15) is 22.2 Å². The highest BCUT2D eigenvalue weighted by molar-refractivity contribution is 7.18. The highest BCUT2D eigenvalue weighted by atomic mass is 32.1. The van der Waals surface area contributed by atoms with Gasteiger partial charge in [-0.15, -0.1) is 11.3 Å². The van der Waals surface area contributed by atoms with Crippen molar-refractivity contribution in [3.63, 3.8) is 0 Å². The van der Waals surface area contributed by atoms with Crippen LogP contribution in [0.5, 0.6) is 0 Å². The fourth-order valence-electron chi connectivity index (χ4n) is 2.71.